The zero-order valence-corrected chi connectivity index (χ0v) is 9.02. The number of esters is 1. The minimum absolute atomic E-state index is 0.329. The first kappa shape index (κ1) is 11.5. The number of ether oxygens (including phenoxy) is 1. The summed E-state index contributed by atoms with van der Waals surface area (Å²) >= 11 is 0. The van der Waals surface area contributed by atoms with Gasteiger partial charge in [0.05, 0.1) is 7.11 Å². The van der Waals surface area contributed by atoms with Crippen molar-refractivity contribution in [2.75, 3.05) is 20.7 Å². The fourth-order valence-corrected chi connectivity index (χ4v) is 1.51. The molecule has 0 bridgehead atoms. The van der Waals surface area contributed by atoms with E-state index in [2.05, 4.69) is 4.74 Å². The summed E-state index contributed by atoms with van der Waals surface area (Å²) in [5.74, 6) is -1.20. The lowest BCUT2D eigenvalue weighted by Crippen LogP contribution is -2.39. The Morgan fingerprint density at radius 2 is 2.07 bits per heavy atom. The summed E-state index contributed by atoms with van der Waals surface area (Å²) in [4.78, 5) is 36.7. The van der Waals surface area contributed by atoms with Gasteiger partial charge >= 0.3 is 12.0 Å². The van der Waals surface area contributed by atoms with Gasteiger partial charge in [0.1, 0.15) is 0 Å². The van der Waals surface area contributed by atoms with Gasteiger partial charge in [0, 0.05) is 13.6 Å². The number of rotatable bonds is 3. The van der Waals surface area contributed by atoms with Gasteiger partial charge in [-0.1, -0.05) is 6.92 Å². The van der Waals surface area contributed by atoms with Gasteiger partial charge in [0.25, 0.3) is 5.91 Å². The van der Waals surface area contributed by atoms with Gasteiger partial charge in [-0.3, -0.25) is 9.69 Å². The molecule has 0 aliphatic carbocycles. The van der Waals surface area contributed by atoms with Crippen LogP contribution in [0.15, 0.2) is 0 Å². The first-order chi connectivity index (χ1) is 7.04. The molecule has 1 rings (SSSR count). The molecule has 6 nitrogen and oxygen atoms in total. The van der Waals surface area contributed by atoms with Crippen molar-refractivity contribution in [3.8, 4) is 0 Å². The largest absolute Gasteiger partial charge is 0.467 e. The number of amides is 3. The molecule has 0 N–H and O–H groups in total. The number of nitrogens with zero attached hydrogens (tertiary/aromatic N) is 2. The number of carbonyl (C=O) groups excluding carboxylic acids is 3. The van der Waals surface area contributed by atoms with Crippen molar-refractivity contribution in [2.45, 2.75) is 19.4 Å². The molecule has 1 unspecified atom stereocenters. The van der Waals surface area contributed by atoms with Gasteiger partial charge in [0.2, 0.25) is 6.04 Å². The average Bonchev–Trinajstić information content (AvgIpc) is 2.42. The molecule has 1 fully saturated rings. The number of carbonyl (C=O) groups is 3. The zero-order chi connectivity index (χ0) is 11.6. The van der Waals surface area contributed by atoms with Crippen LogP contribution in [0.2, 0.25) is 0 Å². The van der Waals surface area contributed by atoms with Crippen molar-refractivity contribution in [3.63, 3.8) is 0 Å². The number of imide groups is 1. The Kier molecular flexibility index (Phi) is 3.28. The average molecular weight is 214 g/mol. The molecule has 6 heteroatoms. The Hall–Kier alpha value is -1.59. The Morgan fingerprint density at radius 1 is 1.47 bits per heavy atom. The topological polar surface area (TPSA) is 66.9 Å². The minimum Gasteiger partial charge on any atom is -0.467 e. The molecule has 1 atom stereocenters. The molecule has 1 heterocycles. The van der Waals surface area contributed by atoms with Crippen LogP contribution in [-0.4, -0.2) is 54.5 Å². The van der Waals surface area contributed by atoms with Gasteiger partial charge in [-0.15, -0.1) is 0 Å². The van der Waals surface area contributed by atoms with E-state index in [4.69, 9.17) is 0 Å². The first-order valence-corrected chi connectivity index (χ1v) is 4.70. The number of likely N-dealkylation sites (N-methyl/N-ethyl adjacent to an activating group) is 1. The summed E-state index contributed by atoms with van der Waals surface area (Å²) in [5, 5.41) is 0. The first-order valence-electron chi connectivity index (χ1n) is 4.70. The number of methoxy groups -OCH3 is 1. The quantitative estimate of drug-likeness (QED) is 0.371. The van der Waals surface area contributed by atoms with Crippen LogP contribution >= 0.6 is 0 Å². The minimum atomic E-state index is -1.12. The van der Waals surface area contributed by atoms with E-state index in [1.807, 2.05) is 6.92 Å². The maximum atomic E-state index is 11.7. The van der Waals surface area contributed by atoms with Crippen LogP contribution in [0, 0.1) is 0 Å². The van der Waals surface area contributed by atoms with Crippen molar-refractivity contribution < 1.29 is 19.1 Å². The lowest BCUT2D eigenvalue weighted by molar-refractivity contribution is -0.149. The lowest BCUT2D eigenvalue weighted by Gasteiger charge is -2.13. The molecule has 0 saturated carbocycles. The van der Waals surface area contributed by atoms with Gasteiger partial charge in [-0.25, -0.2) is 9.59 Å². The summed E-state index contributed by atoms with van der Waals surface area (Å²) in [6, 6.07) is -1.56. The number of urea groups is 1. The molecule has 0 spiro atoms. The standard InChI is InChI=1S/C9H14N2O4/c1-4-5-11-7(12)6(8(13)15-3)10(2)9(11)14/h6H,4-5H2,1-3H3. The van der Waals surface area contributed by atoms with Crippen LogP contribution in [0.1, 0.15) is 13.3 Å². The summed E-state index contributed by atoms with van der Waals surface area (Å²) in [6.45, 7) is 2.18. The van der Waals surface area contributed by atoms with Crippen molar-refractivity contribution in [1.82, 2.24) is 9.80 Å². The highest BCUT2D eigenvalue weighted by Crippen LogP contribution is 2.16. The van der Waals surface area contributed by atoms with Crippen LogP contribution in [0.3, 0.4) is 0 Å². The molecule has 1 aliphatic rings. The predicted octanol–water partition coefficient (Wildman–Crippen LogP) is -0.168. The highest BCUT2D eigenvalue weighted by Gasteiger charge is 2.47. The third-order valence-electron chi connectivity index (χ3n) is 2.29. The number of hydrogen-bond acceptors (Lipinski definition) is 4. The molecule has 0 aromatic heterocycles. The van der Waals surface area contributed by atoms with E-state index in [1.54, 1.807) is 0 Å². The molecular weight excluding hydrogens is 200 g/mol. The normalized spacial score (nSPS) is 21.1. The van der Waals surface area contributed by atoms with Gasteiger partial charge in [-0.2, -0.15) is 0 Å². The summed E-state index contributed by atoms with van der Waals surface area (Å²) in [7, 11) is 2.61. The van der Waals surface area contributed by atoms with Crippen molar-refractivity contribution in [2.24, 2.45) is 0 Å². The molecule has 1 saturated heterocycles. The van der Waals surface area contributed by atoms with Gasteiger partial charge < -0.3 is 9.64 Å². The van der Waals surface area contributed by atoms with E-state index < -0.39 is 23.9 Å². The zero-order valence-electron chi connectivity index (χ0n) is 9.02. The molecular formula is C9H14N2O4. The highest BCUT2D eigenvalue weighted by atomic mass is 16.5. The lowest BCUT2D eigenvalue weighted by atomic mass is 10.3. The van der Waals surface area contributed by atoms with Crippen molar-refractivity contribution in [1.29, 1.82) is 0 Å². The van der Waals surface area contributed by atoms with E-state index in [0.29, 0.717) is 13.0 Å². The second-order valence-corrected chi connectivity index (χ2v) is 3.31. The van der Waals surface area contributed by atoms with Crippen LogP contribution in [-0.2, 0) is 14.3 Å². The second-order valence-electron chi connectivity index (χ2n) is 3.31. The fourth-order valence-electron chi connectivity index (χ4n) is 1.51. The Balaban J connectivity index is 2.90. The van der Waals surface area contributed by atoms with Crippen LogP contribution in [0.4, 0.5) is 4.79 Å². The summed E-state index contributed by atoms with van der Waals surface area (Å²) in [6.07, 6.45) is 0.666. The molecule has 3 amide bonds. The summed E-state index contributed by atoms with van der Waals surface area (Å²) < 4.78 is 4.47. The third-order valence-corrected chi connectivity index (χ3v) is 2.29. The smallest absolute Gasteiger partial charge is 0.338 e. The van der Waals surface area contributed by atoms with E-state index >= 15 is 0 Å². The molecule has 84 valence electrons. The fraction of sp³-hybridized carbons (Fsp3) is 0.667. The van der Waals surface area contributed by atoms with Crippen LogP contribution < -0.4 is 0 Å². The molecule has 0 aromatic rings. The van der Waals surface area contributed by atoms with Crippen LogP contribution in [0.25, 0.3) is 0 Å². The van der Waals surface area contributed by atoms with Gasteiger partial charge in [-0.05, 0) is 6.42 Å². The second kappa shape index (κ2) is 4.29. The molecule has 1 aliphatic heterocycles. The molecule has 0 aromatic carbocycles. The molecule has 15 heavy (non-hydrogen) atoms. The SMILES string of the molecule is CCCN1C(=O)C(C(=O)OC)N(C)C1=O. The van der Waals surface area contributed by atoms with E-state index in [-0.39, 0.29) is 0 Å². The van der Waals surface area contributed by atoms with E-state index in [1.165, 1.54) is 14.2 Å². The Bertz CT molecular complexity index is 302. The summed E-state index contributed by atoms with van der Waals surface area (Å²) in [5.41, 5.74) is 0. The van der Waals surface area contributed by atoms with Crippen molar-refractivity contribution >= 4 is 17.9 Å². The Morgan fingerprint density at radius 3 is 2.53 bits per heavy atom. The van der Waals surface area contributed by atoms with Crippen LogP contribution in [0.5, 0.6) is 0 Å². The van der Waals surface area contributed by atoms with Gasteiger partial charge in [0.15, 0.2) is 0 Å². The molecule has 0 radical (unpaired) electrons. The third kappa shape index (κ3) is 1.79. The van der Waals surface area contributed by atoms with Crippen molar-refractivity contribution in [3.05, 3.63) is 0 Å². The maximum Gasteiger partial charge on any atom is 0.338 e. The van der Waals surface area contributed by atoms with E-state index in [9.17, 15) is 14.4 Å². The Labute approximate surface area is 87.8 Å². The maximum absolute atomic E-state index is 11.7. The van der Waals surface area contributed by atoms with E-state index in [0.717, 1.165) is 9.80 Å². The number of hydrogen-bond donors (Lipinski definition) is 0. The highest BCUT2D eigenvalue weighted by molar-refractivity contribution is 6.14. The predicted molar refractivity (Wildman–Crippen MR) is 51.0 cm³/mol. The monoisotopic (exact) mass is 214 g/mol.